The average molecular weight is 415 g/mol. The summed E-state index contributed by atoms with van der Waals surface area (Å²) in [5.74, 6) is -0.185. The molecule has 142 valence electrons. The quantitative estimate of drug-likeness (QED) is 0.564. The summed E-state index contributed by atoms with van der Waals surface area (Å²) >= 11 is 11.0. The molecule has 0 unspecified atom stereocenters. The van der Waals surface area contributed by atoms with E-state index < -0.39 is 0 Å². The Labute approximate surface area is 172 Å². The van der Waals surface area contributed by atoms with E-state index in [0.717, 1.165) is 0 Å². The third-order valence-corrected chi connectivity index (χ3v) is 4.26. The summed E-state index contributed by atoms with van der Waals surface area (Å²) in [5, 5.41) is 6.35. The zero-order valence-electron chi connectivity index (χ0n) is 14.6. The maximum atomic E-state index is 13.0. The minimum Gasteiger partial charge on any atom is -0.489 e. The predicted molar refractivity (Wildman–Crippen MR) is 112 cm³/mol. The molecule has 3 rings (SSSR count). The fraction of sp³-hybridized carbons (Fsp3) is 0.0476. The average Bonchev–Trinajstić information content (AvgIpc) is 2.69. The van der Waals surface area contributed by atoms with Crippen molar-refractivity contribution in [2.75, 3.05) is 5.32 Å². The van der Waals surface area contributed by atoms with E-state index in [1.807, 2.05) is 6.07 Å². The van der Waals surface area contributed by atoms with Crippen molar-refractivity contribution in [2.45, 2.75) is 6.61 Å². The third kappa shape index (κ3) is 5.52. The molecule has 0 saturated heterocycles. The first-order chi connectivity index (χ1) is 13.5. The number of amides is 1. The summed E-state index contributed by atoms with van der Waals surface area (Å²) in [6.45, 7) is 0.159. The van der Waals surface area contributed by atoms with Crippen LogP contribution in [0.3, 0.4) is 0 Å². The number of hydrogen-bond donors (Lipinski definition) is 2. The van der Waals surface area contributed by atoms with Crippen molar-refractivity contribution in [3.63, 3.8) is 0 Å². The van der Waals surface area contributed by atoms with Crippen molar-refractivity contribution < 1.29 is 13.9 Å². The summed E-state index contributed by atoms with van der Waals surface area (Å²) in [5.41, 5.74) is 1.83. The highest BCUT2D eigenvalue weighted by Gasteiger charge is 2.13. The number of ether oxygens (including phenoxy) is 1. The summed E-state index contributed by atoms with van der Waals surface area (Å²) in [6, 6.07) is 19.7. The zero-order chi connectivity index (χ0) is 19.9. The lowest BCUT2D eigenvalue weighted by molar-refractivity contribution is 0.0975. The number of nitrogens with one attached hydrogen (secondary N) is 2. The lowest BCUT2D eigenvalue weighted by Crippen LogP contribution is -2.34. The van der Waals surface area contributed by atoms with Gasteiger partial charge in [0.15, 0.2) is 5.11 Å². The highest BCUT2D eigenvalue weighted by molar-refractivity contribution is 7.80. The summed E-state index contributed by atoms with van der Waals surface area (Å²) in [4.78, 5) is 12.6. The van der Waals surface area contributed by atoms with Crippen LogP contribution in [0.5, 0.6) is 5.75 Å². The lowest BCUT2D eigenvalue weighted by atomic mass is 10.1. The van der Waals surface area contributed by atoms with Gasteiger partial charge in [0.05, 0.1) is 0 Å². The molecule has 0 fully saturated rings. The van der Waals surface area contributed by atoms with Gasteiger partial charge in [0.25, 0.3) is 5.91 Å². The van der Waals surface area contributed by atoms with Gasteiger partial charge in [-0.15, -0.1) is 0 Å². The molecule has 0 aliphatic carbocycles. The Morgan fingerprint density at radius 1 is 1.00 bits per heavy atom. The molecule has 0 spiro atoms. The maximum Gasteiger partial charge on any atom is 0.257 e. The molecular weight excluding hydrogens is 399 g/mol. The first-order valence-electron chi connectivity index (χ1n) is 8.35. The number of benzene rings is 3. The highest BCUT2D eigenvalue weighted by Crippen LogP contribution is 2.16. The maximum absolute atomic E-state index is 13.0. The Bertz CT molecular complexity index is 978. The summed E-state index contributed by atoms with van der Waals surface area (Å²) in [7, 11) is 0. The molecule has 0 atom stereocenters. The molecule has 1 amide bonds. The first-order valence-corrected chi connectivity index (χ1v) is 9.14. The fourth-order valence-corrected chi connectivity index (χ4v) is 2.76. The van der Waals surface area contributed by atoms with Crippen LogP contribution in [-0.4, -0.2) is 11.0 Å². The van der Waals surface area contributed by atoms with Crippen LogP contribution in [0.15, 0.2) is 72.8 Å². The van der Waals surface area contributed by atoms with E-state index in [4.69, 9.17) is 28.6 Å². The largest absolute Gasteiger partial charge is 0.489 e. The van der Waals surface area contributed by atoms with Gasteiger partial charge in [-0.1, -0.05) is 29.8 Å². The SMILES string of the molecule is O=C(NC(=S)Nc1ccc(Cl)cc1)c1ccccc1COc1ccc(F)cc1. The van der Waals surface area contributed by atoms with Gasteiger partial charge in [-0.2, -0.15) is 0 Å². The van der Waals surface area contributed by atoms with Crippen molar-refractivity contribution in [1.29, 1.82) is 0 Å². The van der Waals surface area contributed by atoms with Gasteiger partial charge < -0.3 is 10.1 Å². The molecule has 0 aromatic heterocycles. The van der Waals surface area contributed by atoms with Gasteiger partial charge in [-0.05, 0) is 66.8 Å². The highest BCUT2D eigenvalue weighted by atomic mass is 35.5. The van der Waals surface area contributed by atoms with E-state index >= 15 is 0 Å². The Morgan fingerprint density at radius 2 is 1.68 bits per heavy atom. The van der Waals surface area contributed by atoms with Crippen LogP contribution in [0.4, 0.5) is 10.1 Å². The van der Waals surface area contributed by atoms with Crippen molar-refractivity contribution in [3.05, 3.63) is 94.8 Å². The number of halogens is 2. The van der Waals surface area contributed by atoms with Gasteiger partial charge in [0, 0.05) is 21.8 Å². The summed E-state index contributed by atoms with van der Waals surface area (Å²) < 4.78 is 18.6. The van der Waals surface area contributed by atoms with Crippen LogP contribution in [-0.2, 0) is 6.61 Å². The molecule has 3 aromatic rings. The summed E-state index contributed by atoms with van der Waals surface area (Å²) in [6.07, 6.45) is 0. The van der Waals surface area contributed by atoms with Crippen molar-refractivity contribution in [2.24, 2.45) is 0 Å². The Morgan fingerprint density at radius 3 is 2.39 bits per heavy atom. The number of rotatable bonds is 5. The molecule has 28 heavy (non-hydrogen) atoms. The van der Waals surface area contributed by atoms with Crippen molar-refractivity contribution in [1.82, 2.24) is 5.32 Å². The topological polar surface area (TPSA) is 50.4 Å². The molecule has 0 radical (unpaired) electrons. The molecule has 0 saturated carbocycles. The number of carbonyl (C=O) groups is 1. The Balaban J connectivity index is 1.63. The molecule has 0 aliphatic rings. The van der Waals surface area contributed by atoms with E-state index in [0.29, 0.717) is 27.6 Å². The van der Waals surface area contributed by atoms with Crippen molar-refractivity contribution >= 4 is 40.5 Å². The minimum absolute atomic E-state index is 0.159. The molecule has 2 N–H and O–H groups in total. The van der Waals surface area contributed by atoms with Gasteiger partial charge in [0.1, 0.15) is 18.2 Å². The van der Waals surface area contributed by atoms with Crippen LogP contribution in [0.1, 0.15) is 15.9 Å². The number of thiocarbonyl (C=S) groups is 1. The van der Waals surface area contributed by atoms with Gasteiger partial charge in [-0.3, -0.25) is 10.1 Å². The van der Waals surface area contributed by atoms with Crippen LogP contribution < -0.4 is 15.4 Å². The molecule has 7 heteroatoms. The number of hydrogen-bond acceptors (Lipinski definition) is 3. The van der Waals surface area contributed by atoms with E-state index in [-0.39, 0.29) is 23.4 Å². The predicted octanol–water partition coefficient (Wildman–Crippen LogP) is 5.18. The first kappa shape index (κ1) is 19.8. The fourth-order valence-electron chi connectivity index (χ4n) is 2.43. The van der Waals surface area contributed by atoms with E-state index in [9.17, 15) is 9.18 Å². The Kier molecular flexibility index (Phi) is 6.57. The molecule has 0 bridgehead atoms. The van der Waals surface area contributed by atoms with E-state index in [2.05, 4.69) is 10.6 Å². The van der Waals surface area contributed by atoms with Crippen LogP contribution in [0, 0.1) is 5.82 Å². The monoisotopic (exact) mass is 414 g/mol. The van der Waals surface area contributed by atoms with Crippen LogP contribution in [0.25, 0.3) is 0 Å². The minimum atomic E-state index is -0.357. The number of anilines is 1. The smallest absolute Gasteiger partial charge is 0.257 e. The van der Waals surface area contributed by atoms with Gasteiger partial charge in [-0.25, -0.2) is 4.39 Å². The second kappa shape index (κ2) is 9.30. The second-order valence-electron chi connectivity index (χ2n) is 5.81. The normalized spacial score (nSPS) is 10.2. The van der Waals surface area contributed by atoms with Gasteiger partial charge >= 0.3 is 0 Å². The molecule has 0 heterocycles. The third-order valence-electron chi connectivity index (χ3n) is 3.80. The van der Waals surface area contributed by atoms with E-state index in [1.165, 1.54) is 24.3 Å². The van der Waals surface area contributed by atoms with Crippen LogP contribution in [0.2, 0.25) is 5.02 Å². The standard InChI is InChI=1S/C21H16ClFN2O2S/c22-15-5-9-17(10-6-15)24-21(28)25-20(26)19-4-2-1-3-14(19)13-27-18-11-7-16(23)8-12-18/h1-12H,13H2,(H2,24,25,26,28). The van der Waals surface area contributed by atoms with Crippen LogP contribution >= 0.6 is 23.8 Å². The molecule has 0 aliphatic heterocycles. The zero-order valence-corrected chi connectivity index (χ0v) is 16.2. The van der Waals surface area contributed by atoms with Crippen molar-refractivity contribution in [3.8, 4) is 5.75 Å². The number of carbonyl (C=O) groups excluding carboxylic acids is 1. The molecular formula is C21H16ClFN2O2S. The van der Waals surface area contributed by atoms with Gasteiger partial charge in [0.2, 0.25) is 0 Å². The van der Waals surface area contributed by atoms with E-state index in [1.54, 1.807) is 42.5 Å². The Hall–Kier alpha value is -2.96. The molecule has 3 aromatic carbocycles. The lowest BCUT2D eigenvalue weighted by Gasteiger charge is -2.13. The molecule has 4 nitrogen and oxygen atoms in total. The second-order valence-corrected chi connectivity index (χ2v) is 6.66.